The number of aromatic nitrogens is 2. The number of carbonyl (C=O) groups excluding carboxylic acids is 3. The number of aryl methyl sites for hydroxylation is 1. The summed E-state index contributed by atoms with van der Waals surface area (Å²) in [5.74, 6) is 1.20. The molecule has 0 radical (unpaired) electrons. The van der Waals surface area contributed by atoms with Crippen molar-refractivity contribution in [2.75, 3.05) is 56.7 Å². The van der Waals surface area contributed by atoms with Crippen molar-refractivity contribution in [2.45, 2.75) is 89.6 Å². The Morgan fingerprint density at radius 3 is 2.23 bits per heavy atom. The zero-order valence-electron chi connectivity index (χ0n) is 38.1. The van der Waals surface area contributed by atoms with E-state index in [-0.39, 0.29) is 42.5 Å². The van der Waals surface area contributed by atoms with Gasteiger partial charge < -0.3 is 19.3 Å². The van der Waals surface area contributed by atoms with Gasteiger partial charge >= 0.3 is 5.69 Å². The summed E-state index contributed by atoms with van der Waals surface area (Å²) < 4.78 is 15.0. The number of halogens is 1. The Balaban J connectivity index is 0.794. The molecule has 4 aromatic carbocycles. The quantitative estimate of drug-likeness (QED) is 0.129. The highest BCUT2D eigenvalue weighted by Crippen LogP contribution is 2.44. The van der Waals surface area contributed by atoms with Crippen molar-refractivity contribution in [2.24, 2.45) is 13.0 Å². The monoisotopic (exact) mass is 901 g/mol. The summed E-state index contributed by atoms with van der Waals surface area (Å²) in [5, 5.41) is 3.03. The number of methoxy groups -OCH3 is 1. The molecule has 13 nitrogen and oxygen atoms in total. The first-order chi connectivity index (χ1) is 31.3. The molecular formula is C51H60ClN7O6. The van der Waals surface area contributed by atoms with Crippen LogP contribution in [0.1, 0.15) is 86.7 Å². The molecular weight excluding hydrogens is 842 g/mol. The number of amides is 3. The van der Waals surface area contributed by atoms with Crippen LogP contribution in [-0.2, 0) is 34.4 Å². The Bertz CT molecular complexity index is 2630. The Labute approximate surface area is 385 Å². The van der Waals surface area contributed by atoms with Crippen LogP contribution in [0.3, 0.4) is 0 Å². The molecule has 14 heteroatoms. The number of piperidine rings is 1. The lowest BCUT2D eigenvalue weighted by Crippen LogP contribution is -2.51. The summed E-state index contributed by atoms with van der Waals surface area (Å²) in [4.78, 5) is 61.2. The number of rotatable bonds is 12. The normalized spacial score (nSPS) is 22.0. The Kier molecular flexibility index (Phi) is 12.8. The van der Waals surface area contributed by atoms with Gasteiger partial charge in [-0.1, -0.05) is 29.8 Å². The van der Waals surface area contributed by atoms with Crippen LogP contribution in [0.15, 0.2) is 83.7 Å². The van der Waals surface area contributed by atoms with Crippen molar-refractivity contribution in [3.8, 4) is 11.5 Å². The number of hydrogen-bond donors (Lipinski definition) is 1. The number of imidazole rings is 1. The predicted octanol–water partition coefficient (Wildman–Crippen LogP) is 7.26. The van der Waals surface area contributed by atoms with Gasteiger partial charge in [-0.15, -0.1) is 0 Å². The fraction of sp³-hybridized carbons (Fsp3) is 0.451. The molecule has 1 N–H and O–H groups in total. The summed E-state index contributed by atoms with van der Waals surface area (Å²) in [6.07, 6.45) is 5.56. The second-order valence-corrected chi connectivity index (χ2v) is 19.1. The predicted molar refractivity (Wildman–Crippen MR) is 254 cm³/mol. The van der Waals surface area contributed by atoms with Gasteiger partial charge in [-0.3, -0.25) is 38.6 Å². The van der Waals surface area contributed by atoms with Crippen molar-refractivity contribution in [3.63, 3.8) is 0 Å². The van der Waals surface area contributed by atoms with Crippen molar-refractivity contribution in [1.82, 2.24) is 24.3 Å². The van der Waals surface area contributed by atoms with Crippen LogP contribution in [0.5, 0.6) is 11.5 Å². The van der Waals surface area contributed by atoms with Crippen molar-refractivity contribution >= 4 is 51.7 Å². The average Bonchev–Trinajstić information content (AvgIpc) is 3.54. The van der Waals surface area contributed by atoms with Gasteiger partial charge in [0.1, 0.15) is 6.04 Å². The summed E-state index contributed by atoms with van der Waals surface area (Å²) in [6.45, 7) is 9.84. The zero-order valence-corrected chi connectivity index (χ0v) is 38.9. The molecule has 9 rings (SSSR count). The van der Waals surface area contributed by atoms with Gasteiger partial charge in [0, 0.05) is 82.2 Å². The minimum atomic E-state index is -0.683. The Morgan fingerprint density at radius 1 is 0.831 bits per heavy atom. The van der Waals surface area contributed by atoms with Gasteiger partial charge in [-0.05, 0) is 135 Å². The number of benzene rings is 4. The third-order valence-electron chi connectivity index (χ3n) is 14.1. The lowest BCUT2D eigenvalue weighted by atomic mass is 9.84. The first-order valence-corrected chi connectivity index (χ1v) is 23.5. The van der Waals surface area contributed by atoms with E-state index in [0.29, 0.717) is 34.9 Å². The lowest BCUT2D eigenvalue weighted by Gasteiger charge is -2.42. The molecule has 1 aliphatic carbocycles. The molecule has 2 atom stereocenters. The number of ether oxygens (including phenoxy) is 2. The maximum Gasteiger partial charge on any atom is 0.329 e. The molecule has 3 aliphatic heterocycles. The molecule has 342 valence electrons. The molecule has 0 bridgehead atoms. The standard InChI is InChI=1S/C51H60ClN7O6/c1-32(2)65-46-29-41-36(27-45(46)64-5)28-48(61)58(49(41)35-9-11-37(52)12-10-35)40-17-15-38(16-18-40)54(3)30-33-6-13-39(14-7-33)57-24-22-56(23-25-57)31-34-8-19-42-44(26-34)55(4)51(63)59(42)43-20-21-47(60)53-50(43)62/h8-12,15-19,26-27,29,32-33,39,43,49H,6-7,13-14,20-25,28,30-31H2,1-5H3,(H,53,60,62)/t33?,39?,43?,49-/m0/s1. The van der Waals surface area contributed by atoms with Crippen LogP contribution >= 0.6 is 11.6 Å². The van der Waals surface area contributed by atoms with E-state index in [1.807, 2.05) is 61.2 Å². The zero-order chi connectivity index (χ0) is 45.5. The summed E-state index contributed by atoms with van der Waals surface area (Å²) in [6, 6.07) is 25.8. The fourth-order valence-electron chi connectivity index (χ4n) is 10.7. The first kappa shape index (κ1) is 44.6. The number of carbonyl (C=O) groups is 3. The van der Waals surface area contributed by atoms with Crippen LogP contribution < -0.4 is 30.3 Å². The molecule has 3 fully saturated rings. The van der Waals surface area contributed by atoms with Crippen molar-refractivity contribution < 1.29 is 23.9 Å². The van der Waals surface area contributed by atoms with E-state index in [2.05, 4.69) is 63.5 Å². The first-order valence-electron chi connectivity index (χ1n) is 23.1. The number of piperazine rings is 1. The van der Waals surface area contributed by atoms with Crippen LogP contribution in [-0.4, -0.2) is 95.7 Å². The lowest BCUT2D eigenvalue weighted by molar-refractivity contribution is -0.135. The summed E-state index contributed by atoms with van der Waals surface area (Å²) in [7, 11) is 5.55. The smallest absolute Gasteiger partial charge is 0.329 e. The second kappa shape index (κ2) is 18.7. The number of imide groups is 1. The van der Waals surface area contributed by atoms with Gasteiger partial charge in [-0.2, -0.15) is 0 Å². The highest BCUT2D eigenvalue weighted by molar-refractivity contribution is 6.30. The van der Waals surface area contributed by atoms with Crippen LogP contribution in [0, 0.1) is 5.92 Å². The molecule has 3 amide bonds. The van der Waals surface area contributed by atoms with E-state index in [0.717, 1.165) is 83.9 Å². The number of nitrogens with one attached hydrogen (secondary N) is 1. The Morgan fingerprint density at radius 2 is 1.55 bits per heavy atom. The molecule has 0 spiro atoms. The molecule has 5 aromatic rings. The summed E-state index contributed by atoms with van der Waals surface area (Å²) in [5.41, 5.74) is 7.29. The third kappa shape index (κ3) is 9.15. The van der Waals surface area contributed by atoms with Crippen LogP contribution in [0.25, 0.3) is 11.0 Å². The van der Waals surface area contributed by atoms with E-state index < -0.39 is 11.9 Å². The average molecular weight is 903 g/mol. The molecule has 4 heterocycles. The van der Waals surface area contributed by atoms with Gasteiger partial charge in [0.05, 0.1) is 36.7 Å². The van der Waals surface area contributed by atoms with E-state index in [1.54, 1.807) is 23.3 Å². The van der Waals surface area contributed by atoms with E-state index in [9.17, 15) is 19.2 Å². The largest absolute Gasteiger partial charge is 0.493 e. The number of anilines is 2. The summed E-state index contributed by atoms with van der Waals surface area (Å²) >= 11 is 6.34. The number of fused-ring (bicyclic) bond motifs is 2. The molecule has 1 aromatic heterocycles. The van der Waals surface area contributed by atoms with Gasteiger partial charge in [0.15, 0.2) is 11.5 Å². The van der Waals surface area contributed by atoms with Gasteiger partial charge in [-0.25, -0.2) is 4.79 Å². The molecule has 65 heavy (non-hydrogen) atoms. The maximum atomic E-state index is 14.1. The highest BCUT2D eigenvalue weighted by atomic mass is 35.5. The maximum absolute atomic E-state index is 14.1. The molecule has 2 saturated heterocycles. The molecule has 1 saturated carbocycles. The minimum Gasteiger partial charge on any atom is -0.493 e. The van der Waals surface area contributed by atoms with Gasteiger partial charge in [0.2, 0.25) is 17.7 Å². The Hall–Kier alpha value is -5.63. The topological polar surface area (TPSA) is 122 Å². The van der Waals surface area contributed by atoms with E-state index >= 15 is 0 Å². The van der Waals surface area contributed by atoms with Crippen molar-refractivity contribution in [3.05, 3.63) is 117 Å². The number of nitrogens with zero attached hydrogens (tertiary/aromatic N) is 6. The van der Waals surface area contributed by atoms with E-state index in [4.69, 9.17) is 21.1 Å². The van der Waals surface area contributed by atoms with E-state index in [1.165, 1.54) is 25.7 Å². The van der Waals surface area contributed by atoms with Gasteiger partial charge in [0.25, 0.3) is 0 Å². The molecule has 1 unspecified atom stereocenters. The number of hydrogen-bond acceptors (Lipinski definition) is 9. The fourth-order valence-corrected chi connectivity index (χ4v) is 10.8. The van der Waals surface area contributed by atoms with Crippen molar-refractivity contribution in [1.29, 1.82) is 0 Å². The SMILES string of the molecule is COc1cc2c(cc1OC(C)C)[C@H](c1ccc(Cl)cc1)N(c1ccc(N(C)CC3CCC(N4CCN(Cc5ccc6c(c5)n(C)c(=O)n6C5CCC(=O)NC5=O)CC4)CC3)cc1)C(=O)C2. The second-order valence-electron chi connectivity index (χ2n) is 18.6. The van der Waals surface area contributed by atoms with Crippen LogP contribution in [0.4, 0.5) is 11.4 Å². The minimum absolute atomic E-state index is 0.0174. The highest BCUT2D eigenvalue weighted by Gasteiger charge is 2.37. The molecule has 4 aliphatic rings. The van der Waals surface area contributed by atoms with Crippen LogP contribution in [0.2, 0.25) is 5.02 Å². The third-order valence-corrected chi connectivity index (χ3v) is 14.3.